The lowest BCUT2D eigenvalue weighted by atomic mass is 9.64. The van der Waals surface area contributed by atoms with Gasteiger partial charge in [-0.15, -0.1) is 0 Å². The van der Waals surface area contributed by atoms with E-state index in [2.05, 4.69) is 5.32 Å². The summed E-state index contributed by atoms with van der Waals surface area (Å²) in [4.78, 5) is 61.9. The monoisotopic (exact) mass is 819 g/mol. The normalized spacial score (nSPS) is 24.8. The van der Waals surface area contributed by atoms with Gasteiger partial charge in [0.2, 0.25) is 5.91 Å². The average molecular weight is 820 g/mol. The van der Waals surface area contributed by atoms with E-state index >= 15 is 9.59 Å². The highest BCUT2D eigenvalue weighted by Crippen LogP contribution is 2.63. The number of nitrogens with zero attached hydrogens (tertiary/aromatic N) is 2. The maximum absolute atomic E-state index is 15.9. The minimum absolute atomic E-state index is 0.0453. The molecule has 2 bridgehead atoms. The van der Waals surface area contributed by atoms with Crippen LogP contribution in [0.4, 0.5) is 10.5 Å². The molecule has 5 aromatic rings. The molecule has 0 spiro atoms. The molecule has 6 atom stereocenters. The number of phenolic OH excluding ortho intramolecular Hbond substituents is 1. The lowest BCUT2D eigenvalue weighted by molar-refractivity contribution is -0.179. The van der Waals surface area contributed by atoms with Crippen LogP contribution in [0.2, 0.25) is 0 Å². The van der Waals surface area contributed by atoms with Crippen molar-refractivity contribution < 1.29 is 38.5 Å². The molecular formula is C48H45N5O8. The second kappa shape index (κ2) is 15.5. The van der Waals surface area contributed by atoms with Gasteiger partial charge in [-0.1, -0.05) is 72.8 Å². The highest BCUT2D eigenvalue weighted by atomic mass is 16.6. The number of amides is 3. The number of ether oxygens (including phenoxy) is 3. The van der Waals surface area contributed by atoms with Gasteiger partial charge in [0, 0.05) is 25.3 Å². The van der Waals surface area contributed by atoms with E-state index in [0.29, 0.717) is 57.9 Å². The van der Waals surface area contributed by atoms with E-state index in [1.807, 2.05) is 83.8 Å². The Kier molecular flexibility index (Phi) is 9.99. The minimum atomic E-state index is -1.83. The number of methoxy groups -OCH3 is 2. The van der Waals surface area contributed by atoms with Gasteiger partial charge in [0.25, 0.3) is 0 Å². The van der Waals surface area contributed by atoms with E-state index in [1.54, 1.807) is 49.5 Å². The van der Waals surface area contributed by atoms with E-state index in [-0.39, 0.29) is 24.5 Å². The third-order valence-corrected chi connectivity index (χ3v) is 12.8. The van der Waals surface area contributed by atoms with Crippen LogP contribution in [-0.2, 0) is 37.5 Å². The molecule has 13 nitrogen and oxygen atoms in total. The number of anilines is 1. The van der Waals surface area contributed by atoms with Crippen molar-refractivity contribution in [1.82, 2.24) is 15.1 Å². The molecule has 9 rings (SSSR count). The van der Waals surface area contributed by atoms with Gasteiger partial charge in [0.1, 0.15) is 24.2 Å². The number of primary amides is 1. The average Bonchev–Trinajstić information content (AvgIpc) is 3.60. The number of nitrogens with one attached hydrogen (secondary N) is 1. The molecule has 0 unspecified atom stereocenters. The van der Waals surface area contributed by atoms with E-state index in [4.69, 9.17) is 25.7 Å². The number of aldehydes is 1. The fraction of sp³-hybridized carbons (Fsp3) is 0.250. The number of aromatic hydroxyl groups is 1. The molecule has 3 amide bonds. The molecule has 5 aromatic carbocycles. The Morgan fingerprint density at radius 3 is 2.26 bits per heavy atom. The Hall–Kier alpha value is -7.12. The molecule has 4 aliphatic rings. The zero-order valence-corrected chi connectivity index (χ0v) is 33.6. The van der Waals surface area contributed by atoms with E-state index in [9.17, 15) is 14.7 Å². The molecule has 0 aromatic heterocycles. The SMILES string of the molecule is COc1cc2c(cc1OC)CN(C(=O)[C@@H]1[C@H]3C(=O)O[C@H](c4ccccc4)[C@H](c4ccccc4)N3[C@@H]3c4ccc(O)cc4/C(CNC(N)=O)=C/c4ccc(N)c(c4)[C@]13C=O)CC2. The van der Waals surface area contributed by atoms with Crippen LogP contribution in [-0.4, -0.2) is 72.5 Å². The number of nitrogens with two attached hydrogens (primary N) is 2. The molecular weight excluding hydrogens is 775 g/mol. The number of hydrogen-bond acceptors (Lipinski definition) is 10. The number of carbonyl (C=O) groups is 4. The Morgan fingerprint density at radius 1 is 0.902 bits per heavy atom. The van der Waals surface area contributed by atoms with Crippen molar-refractivity contribution in [3.8, 4) is 17.2 Å². The second-order valence-corrected chi connectivity index (χ2v) is 15.9. The summed E-state index contributed by atoms with van der Waals surface area (Å²) in [5.74, 6) is -1.46. The summed E-state index contributed by atoms with van der Waals surface area (Å²) < 4.78 is 17.8. The van der Waals surface area contributed by atoms with E-state index in [0.717, 1.165) is 23.0 Å². The highest BCUT2D eigenvalue weighted by Gasteiger charge is 2.70. The topological polar surface area (TPSA) is 187 Å². The number of morpholine rings is 1. The molecule has 13 heteroatoms. The third-order valence-electron chi connectivity index (χ3n) is 12.8. The molecule has 6 N–H and O–H groups in total. The number of rotatable bonds is 8. The zero-order valence-electron chi connectivity index (χ0n) is 33.6. The van der Waals surface area contributed by atoms with Crippen molar-refractivity contribution in [3.63, 3.8) is 0 Å². The van der Waals surface area contributed by atoms with Gasteiger partial charge in [-0.25, -0.2) is 4.79 Å². The van der Waals surface area contributed by atoms with Crippen molar-refractivity contribution in [2.24, 2.45) is 11.7 Å². The first-order valence-electron chi connectivity index (χ1n) is 20.1. The van der Waals surface area contributed by atoms with Crippen LogP contribution in [0.5, 0.6) is 17.2 Å². The molecule has 1 aliphatic carbocycles. The van der Waals surface area contributed by atoms with Gasteiger partial charge in [-0.2, -0.15) is 0 Å². The Morgan fingerprint density at radius 2 is 1.59 bits per heavy atom. The van der Waals surface area contributed by atoms with Crippen molar-refractivity contribution in [1.29, 1.82) is 0 Å². The summed E-state index contributed by atoms with van der Waals surface area (Å²) in [6, 6.07) is 28.9. The van der Waals surface area contributed by atoms with Crippen LogP contribution in [0.1, 0.15) is 62.7 Å². The third kappa shape index (κ3) is 6.43. The molecule has 3 heterocycles. The van der Waals surface area contributed by atoms with Gasteiger partial charge in [0.15, 0.2) is 11.5 Å². The summed E-state index contributed by atoms with van der Waals surface area (Å²) in [6.07, 6.45) is 2.22. The highest BCUT2D eigenvalue weighted by molar-refractivity contribution is 5.98. The molecule has 2 saturated heterocycles. The smallest absolute Gasteiger partial charge is 0.324 e. The van der Waals surface area contributed by atoms with Crippen LogP contribution in [0, 0.1) is 5.92 Å². The lowest BCUT2D eigenvalue weighted by Crippen LogP contribution is -2.55. The van der Waals surface area contributed by atoms with E-state index in [1.165, 1.54) is 6.07 Å². The van der Waals surface area contributed by atoms with Crippen molar-refractivity contribution in [2.45, 2.75) is 42.6 Å². The van der Waals surface area contributed by atoms with Gasteiger partial charge in [-0.3, -0.25) is 14.5 Å². The van der Waals surface area contributed by atoms with Crippen molar-refractivity contribution in [2.75, 3.05) is 33.0 Å². The number of nitrogen functional groups attached to an aromatic ring is 1. The number of hydrogen-bond donors (Lipinski definition) is 4. The molecule has 0 radical (unpaired) electrons. The molecule has 310 valence electrons. The van der Waals surface area contributed by atoms with Crippen LogP contribution in [0.25, 0.3) is 11.6 Å². The number of esters is 1. The quantitative estimate of drug-likeness (QED) is 0.0871. The molecule has 0 saturated carbocycles. The Labute approximate surface area is 352 Å². The van der Waals surface area contributed by atoms with Crippen LogP contribution in [0.15, 0.2) is 109 Å². The maximum atomic E-state index is 15.9. The number of phenols is 1. The first kappa shape index (κ1) is 39.3. The Bertz CT molecular complexity index is 2600. The number of carbonyl (C=O) groups excluding carboxylic acids is 4. The predicted octanol–water partition coefficient (Wildman–Crippen LogP) is 5.62. The molecule has 2 fully saturated rings. The number of benzene rings is 5. The fourth-order valence-corrected chi connectivity index (χ4v) is 10.2. The lowest BCUT2D eigenvalue weighted by Gasteiger charge is -2.46. The van der Waals surface area contributed by atoms with Crippen molar-refractivity contribution in [3.05, 3.63) is 154 Å². The summed E-state index contributed by atoms with van der Waals surface area (Å²) >= 11 is 0. The van der Waals surface area contributed by atoms with Crippen LogP contribution in [0.3, 0.4) is 0 Å². The Balaban J connectivity index is 1.34. The van der Waals surface area contributed by atoms with Crippen LogP contribution >= 0.6 is 0 Å². The van der Waals surface area contributed by atoms with Crippen molar-refractivity contribution >= 4 is 41.5 Å². The second-order valence-electron chi connectivity index (χ2n) is 15.9. The number of fused-ring (bicyclic) bond motifs is 9. The first-order chi connectivity index (χ1) is 29.6. The predicted molar refractivity (Wildman–Crippen MR) is 227 cm³/mol. The summed E-state index contributed by atoms with van der Waals surface area (Å²) in [5.41, 5.74) is 16.8. The number of urea groups is 1. The van der Waals surface area contributed by atoms with Gasteiger partial charge < -0.3 is 45.8 Å². The largest absolute Gasteiger partial charge is 0.508 e. The summed E-state index contributed by atoms with van der Waals surface area (Å²) in [5, 5.41) is 13.8. The maximum Gasteiger partial charge on any atom is 0.324 e. The van der Waals surface area contributed by atoms with Gasteiger partial charge in [-0.05, 0) is 99.0 Å². The van der Waals surface area contributed by atoms with Gasteiger partial charge in [0.05, 0.1) is 37.6 Å². The fourth-order valence-electron chi connectivity index (χ4n) is 10.2. The van der Waals surface area contributed by atoms with Gasteiger partial charge >= 0.3 is 12.0 Å². The summed E-state index contributed by atoms with van der Waals surface area (Å²) in [6.45, 7) is 0.417. The summed E-state index contributed by atoms with van der Waals surface area (Å²) in [7, 11) is 3.12. The first-order valence-corrected chi connectivity index (χ1v) is 20.1. The standard InChI is InChI=1S/C48H45N5O8/c1-59-38-21-30-17-18-52(25-32(30)22-39(38)60-2)45(56)40-42-46(57)61-43(29-11-7-4-8-12-29)41(28-9-5-3-6-10-28)53(42)44-34-15-14-33(55)23-35(34)31(24-51-47(50)58)19-27-13-16-37(49)36(20-27)48(40,44)26-54/h3-16,19-23,26,40-44,55H,17-18,24-25,49H2,1-2H3,(H3,50,51,58)/b31-19+/t40-,41-,42-,43+,44+,48+/m0/s1. The number of cyclic esters (lactones) is 1. The zero-order chi connectivity index (χ0) is 42.6. The van der Waals surface area contributed by atoms with E-state index < -0.39 is 53.5 Å². The molecule has 3 aliphatic heterocycles. The minimum Gasteiger partial charge on any atom is -0.508 e. The van der Waals surface area contributed by atoms with Crippen LogP contribution < -0.4 is 26.3 Å². The molecule has 61 heavy (non-hydrogen) atoms.